The van der Waals surface area contributed by atoms with E-state index in [1.165, 1.54) is 0 Å². The number of hydrogen-bond acceptors (Lipinski definition) is 5. The number of amides is 1. The summed E-state index contributed by atoms with van der Waals surface area (Å²) >= 11 is 0. The molecule has 0 bridgehead atoms. The van der Waals surface area contributed by atoms with Crippen LogP contribution in [0.15, 0.2) is 24.3 Å². The molecule has 1 aromatic rings. The molecule has 0 radical (unpaired) electrons. The minimum atomic E-state index is -0.489. The molecule has 1 amide bonds. The highest BCUT2D eigenvalue weighted by Gasteiger charge is 2.51. The smallest absolute Gasteiger partial charge is 0.443 e. The SMILES string of the molecule is C[C@@H](c1ccc(B2OC(C)(C)C(C)(C)O2)cc1)N1CC[C@@](C)(CCCO)OC1=O. The molecule has 1 aromatic carbocycles. The van der Waals surface area contributed by atoms with Crippen molar-refractivity contribution in [2.75, 3.05) is 13.2 Å². The highest BCUT2D eigenvalue weighted by molar-refractivity contribution is 6.62. The number of aliphatic hydroxyl groups excluding tert-OH is 1. The van der Waals surface area contributed by atoms with Crippen molar-refractivity contribution < 1.29 is 23.9 Å². The molecule has 6 nitrogen and oxygen atoms in total. The van der Waals surface area contributed by atoms with Crippen LogP contribution < -0.4 is 5.46 Å². The van der Waals surface area contributed by atoms with Crippen molar-refractivity contribution in [3.05, 3.63) is 29.8 Å². The minimum Gasteiger partial charge on any atom is -0.443 e. The molecule has 0 unspecified atom stereocenters. The second-order valence-corrected chi connectivity index (χ2v) is 9.52. The Bertz CT molecular complexity index is 719. The van der Waals surface area contributed by atoms with Crippen LogP contribution in [0.2, 0.25) is 0 Å². The number of ether oxygens (including phenoxy) is 1. The van der Waals surface area contributed by atoms with Crippen molar-refractivity contribution in [2.45, 2.75) is 83.6 Å². The monoisotopic (exact) mass is 403 g/mol. The summed E-state index contributed by atoms with van der Waals surface area (Å²) in [6, 6.07) is 7.98. The van der Waals surface area contributed by atoms with Gasteiger partial charge < -0.3 is 24.1 Å². The molecule has 2 saturated heterocycles. The summed E-state index contributed by atoms with van der Waals surface area (Å²) in [7, 11) is -0.392. The molecule has 2 heterocycles. The van der Waals surface area contributed by atoms with Crippen LogP contribution in [0.1, 0.15) is 72.4 Å². The molecule has 2 fully saturated rings. The van der Waals surface area contributed by atoms with E-state index < -0.39 is 12.7 Å². The second-order valence-electron chi connectivity index (χ2n) is 9.52. The lowest BCUT2D eigenvalue weighted by atomic mass is 9.78. The van der Waals surface area contributed by atoms with Crippen LogP contribution in [0.5, 0.6) is 0 Å². The fourth-order valence-electron chi connectivity index (χ4n) is 3.84. The Labute approximate surface area is 174 Å². The Morgan fingerprint density at radius 2 is 1.69 bits per heavy atom. The first-order valence-corrected chi connectivity index (χ1v) is 10.5. The topological polar surface area (TPSA) is 68.2 Å². The van der Waals surface area contributed by atoms with Crippen LogP contribution in [0, 0.1) is 0 Å². The van der Waals surface area contributed by atoms with Crippen LogP contribution in [-0.2, 0) is 14.0 Å². The summed E-state index contributed by atoms with van der Waals surface area (Å²) < 4.78 is 17.9. The molecular formula is C22H34BNO5. The Balaban J connectivity index is 1.66. The van der Waals surface area contributed by atoms with Gasteiger partial charge in [-0.15, -0.1) is 0 Å². The number of nitrogens with zero attached hydrogens (tertiary/aromatic N) is 1. The zero-order valence-electron chi connectivity index (χ0n) is 18.5. The van der Waals surface area contributed by atoms with Gasteiger partial charge in [0.15, 0.2) is 0 Å². The average molecular weight is 403 g/mol. The van der Waals surface area contributed by atoms with Gasteiger partial charge in [0, 0.05) is 19.6 Å². The first kappa shape index (κ1) is 22.1. The van der Waals surface area contributed by atoms with Crippen molar-refractivity contribution in [1.82, 2.24) is 4.90 Å². The van der Waals surface area contributed by atoms with E-state index in [0.29, 0.717) is 19.4 Å². The van der Waals surface area contributed by atoms with Gasteiger partial charge in [-0.3, -0.25) is 0 Å². The van der Waals surface area contributed by atoms with E-state index in [-0.39, 0.29) is 29.9 Å². The van der Waals surface area contributed by atoms with E-state index in [1.807, 2.05) is 65.8 Å². The quantitative estimate of drug-likeness (QED) is 0.738. The van der Waals surface area contributed by atoms with E-state index in [9.17, 15) is 4.79 Å². The van der Waals surface area contributed by atoms with Gasteiger partial charge in [-0.1, -0.05) is 24.3 Å². The van der Waals surface area contributed by atoms with Crippen LogP contribution in [-0.4, -0.2) is 53.2 Å². The Morgan fingerprint density at radius 3 is 2.21 bits per heavy atom. The maximum absolute atomic E-state index is 12.6. The molecule has 1 N–H and O–H groups in total. The van der Waals surface area contributed by atoms with Gasteiger partial charge in [0.1, 0.15) is 5.60 Å². The van der Waals surface area contributed by atoms with Gasteiger partial charge in [-0.25, -0.2) is 4.79 Å². The van der Waals surface area contributed by atoms with E-state index in [2.05, 4.69) is 0 Å². The molecule has 2 aliphatic rings. The van der Waals surface area contributed by atoms with E-state index in [4.69, 9.17) is 19.2 Å². The zero-order chi connectivity index (χ0) is 21.4. The van der Waals surface area contributed by atoms with Gasteiger partial charge in [-0.05, 0) is 65.4 Å². The molecule has 0 spiro atoms. The lowest BCUT2D eigenvalue weighted by molar-refractivity contribution is -0.0521. The maximum Gasteiger partial charge on any atom is 0.494 e. The summed E-state index contributed by atoms with van der Waals surface area (Å²) in [4.78, 5) is 14.4. The number of benzene rings is 1. The first-order chi connectivity index (χ1) is 13.5. The number of aliphatic hydroxyl groups is 1. The normalized spacial score (nSPS) is 27.1. The largest absolute Gasteiger partial charge is 0.494 e. The summed E-state index contributed by atoms with van der Waals surface area (Å²) in [6.07, 6.45) is 1.79. The fraction of sp³-hybridized carbons (Fsp3) is 0.682. The Morgan fingerprint density at radius 1 is 1.10 bits per heavy atom. The zero-order valence-corrected chi connectivity index (χ0v) is 18.5. The van der Waals surface area contributed by atoms with Crippen LogP contribution in [0.4, 0.5) is 4.79 Å². The predicted octanol–water partition coefficient (Wildman–Crippen LogP) is 3.42. The van der Waals surface area contributed by atoms with E-state index in [0.717, 1.165) is 17.4 Å². The summed E-state index contributed by atoms with van der Waals surface area (Å²) in [5, 5.41) is 9.06. The summed E-state index contributed by atoms with van der Waals surface area (Å²) in [5.74, 6) is 0. The van der Waals surface area contributed by atoms with Gasteiger partial charge >= 0.3 is 13.2 Å². The number of carbonyl (C=O) groups excluding carboxylic acids is 1. The number of cyclic esters (lactones) is 1. The molecule has 0 aliphatic carbocycles. The molecule has 3 rings (SSSR count). The van der Waals surface area contributed by atoms with Gasteiger partial charge in [0.2, 0.25) is 0 Å². The first-order valence-electron chi connectivity index (χ1n) is 10.5. The highest BCUT2D eigenvalue weighted by Crippen LogP contribution is 2.37. The van der Waals surface area contributed by atoms with Crippen molar-refractivity contribution in [2.24, 2.45) is 0 Å². The summed E-state index contributed by atoms with van der Waals surface area (Å²) in [5.41, 5.74) is 0.781. The van der Waals surface area contributed by atoms with E-state index in [1.54, 1.807) is 4.90 Å². The van der Waals surface area contributed by atoms with Gasteiger partial charge in [0.25, 0.3) is 0 Å². The molecular weight excluding hydrogens is 369 g/mol. The molecule has 160 valence electrons. The maximum atomic E-state index is 12.6. The third kappa shape index (κ3) is 4.47. The minimum absolute atomic E-state index is 0.0859. The molecule has 2 aliphatic heterocycles. The Kier molecular flexibility index (Phi) is 6.05. The van der Waals surface area contributed by atoms with Crippen molar-refractivity contribution in [3.63, 3.8) is 0 Å². The third-order valence-corrected chi connectivity index (χ3v) is 6.73. The molecule has 29 heavy (non-hydrogen) atoms. The van der Waals surface area contributed by atoms with Gasteiger partial charge in [0.05, 0.1) is 17.2 Å². The lowest BCUT2D eigenvalue weighted by Crippen LogP contribution is -2.48. The van der Waals surface area contributed by atoms with Crippen LogP contribution in [0.3, 0.4) is 0 Å². The summed E-state index contributed by atoms with van der Waals surface area (Å²) in [6.45, 7) is 12.9. The van der Waals surface area contributed by atoms with Crippen LogP contribution >= 0.6 is 0 Å². The number of carbonyl (C=O) groups is 1. The fourth-order valence-corrected chi connectivity index (χ4v) is 3.84. The predicted molar refractivity (Wildman–Crippen MR) is 113 cm³/mol. The lowest BCUT2D eigenvalue weighted by Gasteiger charge is -2.41. The molecule has 0 saturated carbocycles. The second kappa shape index (κ2) is 7.93. The average Bonchev–Trinajstić information content (AvgIpc) is 2.87. The van der Waals surface area contributed by atoms with Crippen molar-refractivity contribution in [1.29, 1.82) is 0 Å². The molecule has 7 heteroatoms. The standard InChI is InChI=1S/C22H34BNO5/c1-16(24-14-13-22(6,12-7-15-25)27-19(24)26)17-8-10-18(11-9-17)23-28-20(2,3)21(4,5)29-23/h8-11,16,25H,7,12-15H2,1-6H3/t16-,22+/m0/s1. The Hall–Kier alpha value is -1.57. The number of rotatable bonds is 6. The third-order valence-electron chi connectivity index (χ3n) is 6.73. The molecule has 2 atom stereocenters. The van der Waals surface area contributed by atoms with Crippen LogP contribution in [0.25, 0.3) is 0 Å². The highest BCUT2D eigenvalue weighted by atomic mass is 16.7. The van der Waals surface area contributed by atoms with Crippen molar-refractivity contribution >= 4 is 18.7 Å². The van der Waals surface area contributed by atoms with Gasteiger partial charge in [-0.2, -0.15) is 0 Å². The van der Waals surface area contributed by atoms with E-state index >= 15 is 0 Å². The molecule has 0 aromatic heterocycles. The van der Waals surface area contributed by atoms with Crippen molar-refractivity contribution in [3.8, 4) is 0 Å². The number of hydrogen-bond donors (Lipinski definition) is 1.